The van der Waals surface area contributed by atoms with Gasteiger partial charge in [0.1, 0.15) is 0 Å². The van der Waals surface area contributed by atoms with E-state index in [1.165, 1.54) is 0 Å². The van der Waals surface area contributed by atoms with Gasteiger partial charge >= 0.3 is 6.03 Å². The fraction of sp³-hybridized carbons (Fsp3) is 0.529. The van der Waals surface area contributed by atoms with Crippen molar-refractivity contribution in [2.45, 2.75) is 32.8 Å². The molecular formula is C17H25N3O3. The zero-order valence-corrected chi connectivity index (χ0v) is 13.7. The molecule has 1 aliphatic rings. The summed E-state index contributed by atoms with van der Waals surface area (Å²) in [4.78, 5) is 25.2. The maximum absolute atomic E-state index is 12.5. The lowest BCUT2D eigenvalue weighted by molar-refractivity contribution is 0.0484. The first-order valence-electron chi connectivity index (χ1n) is 8.03. The van der Waals surface area contributed by atoms with Crippen LogP contribution in [0.5, 0.6) is 0 Å². The number of likely N-dealkylation sites (tertiary alicyclic amines) is 1. The van der Waals surface area contributed by atoms with Gasteiger partial charge in [-0.05, 0) is 37.0 Å². The van der Waals surface area contributed by atoms with Gasteiger partial charge in [-0.3, -0.25) is 4.79 Å². The van der Waals surface area contributed by atoms with Crippen LogP contribution in [0.15, 0.2) is 24.3 Å². The number of carbonyl (C=O) groups is 2. The summed E-state index contributed by atoms with van der Waals surface area (Å²) in [6, 6.07) is 6.16. The van der Waals surface area contributed by atoms with Gasteiger partial charge in [0.15, 0.2) is 0 Å². The molecule has 1 unspecified atom stereocenters. The average Bonchev–Trinajstić information content (AvgIpc) is 2.94. The van der Waals surface area contributed by atoms with Crippen LogP contribution >= 0.6 is 0 Å². The predicted molar refractivity (Wildman–Crippen MR) is 89.4 cm³/mol. The van der Waals surface area contributed by atoms with Gasteiger partial charge < -0.3 is 20.7 Å². The highest BCUT2D eigenvalue weighted by molar-refractivity contribution is 5.96. The van der Waals surface area contributed by atoms with E-state index in [4.69, 9.17) is 10.5 Å². The molecule has 1 atom stereocenters. The summed E-state index contributed by atoms with van der Waals surface area (Å²) in [5.74, 6) is 0.572. The third-order valence-electron chi connectivity index (χ3n) is 3.86. The third-order valence-corrected chi connectivity index (χ3v) is 3.86. The van der Waals surface area contributed by atoms with Crippen LogP contribution in [0.25, 0.3) is 0 Å². The Morgan fingerprint density at radius 3 is 2.91 bits per heavy atom. The van der Waals surface area contributed by atoms with E-state index < -0.39 is 6.03 Å². The topological polar surface area (TPSA) is 84.7 Å². The first kappa shape index (κ1) is 17.3. The van der Waals surface area contributed by atoms with Crippen molar-refractivity contribution in [2.24, 2.45) is 11.7 Å². The number of primary amides is 1. The molecule has 2 rings (SSSR count). The van der Waals surface area contributed by atoms with E-state index in [0.29, 0.717) is 30.3 Å². The summed E-state index contributed by atoms with van der Waals surface area (Å²) < 4.78 is 5.84. The van der Waals surface area contributed by atoms with Crippen molar-refractivity contribution in [3.05, 3.63) is 29.8 Å². The van der Waals surface area contributed by atoms with Crippen LogP contribution in [0.4, 0.5) is 10.5 Å². The number of anilines is 1. The SMILES string of the molecule is CC(C)CCOC1CCN(C(=O)c2cccc(NC(N)=O)c2)C1. The summed E-state index contributed by atoms with van der Waals surface area (Å²) in [5.41, 5.74) is 6.16. The van der Waals surface area contributed by atoms with Crippen LogP contribution in [0.1, 0.15) is 37.0 Å². The maximum atomic E-state index is 12.5. The molecule has 0 aromatic heterocycles. The van der Waals surface area contributed by atoms with E-state index in [9.17, 15) is 9.59 Å². The number of amides is 3. The number of carbonyl (C=O) groups excluding carboxylic acids is 2. The third kappa shape index (κ3) is 5.25. The number of nitrogens with one attached hydrogen (secondary N) is 1. The highest BCUT2D eigenvalue weighted by Crippen LogP contribution is 2.18. The van der Waals surface area contributed by atoms with Gasteiger partial charge in [0.2, 0.25) is 0 Å². The second kappa shape index (κ2) is 7.97. The Kier molecular flexibility index (Phi) is 5.98. The summed E-state index contributed by atoms with van der Waals surface area (Å²) in [7, 11) is 0. The molecule has 1 aliphatic heterocycles. The normalized spacial score (nSPS) is 17.5. The largest absolute Gasteiger partial charge is 0.376 e. The molecule has 0 aliphatic carbocycles. The molecule has 3 N–H and O–H groups in total. The number of rotatable bonds is 6. The number of benzene rings is 1. The van der Waals surface area contributed by atoms with Crippen LogP contribution in [0, 0.1) is 5.92 Å². The Labute approximate surface area is 137 Å². The minimum Gasteiger partial charge on any atom is -0.376 e. The lowest BCUT2D eigenvalue weighted by Gasteiger charge is -2.17. The zero-order chi connectivity index (χ0) is 16.8. The first-order valence-corrected chi connectivity index (χ1v) is 8.03. The molecule has 1 saturated heterocycles. The lowest BCUT2D eigenvalue weighted by Crippen LogP contribution is -2.30. The molecule has 1 heterocycles. The predicted octanol–water partition coefficient (Wildman–Crippen LogP) is 2.45. The highest BCUT2D eigenvalue weighted by atomic mass is 16.5. The molecule has 23 heavy (non-hydrogen) atoms. The van der Waals surface area contributed by atoms with Gasteiger partial charge in [-0.25, -0.2) is 4.79 Å². The Balaban J connectivity index is 1.90. The molecule has 0 spiro atoms. The fourth-order valence-corrected chi connectivity index (χ4v) is 2.57. The van der Waals surface area contributed by atoms with Crippen LogP contribution in [0.3, 0.4) is 0 Å². The maximum Gasteiger partial charge on any atom is 0.316 e. The number of urea groups is 1. The molecule has 0 radical (unpaired) electrons. The molecule has 1 aromatic carbocycles. The van der Waals surface area contributed by atoms with Crippen LogP contribution in [-0.4, -0.2) is 42.6 Å². The smallest absolute Gasteiger partial charge is 0.316 e. The molecule has 0 saturated carbocycles. The Morgan fingerprint density at radius 2 is 2.22 bits per heavy atom. The fourth-order valence-electron chi connectivity index (χ4n) is 2.57. The van der Waals surface area contributed by atoms with Gasteiger partial charge in [-0.15, -0.1) is 0 Å². The number of hydrogen-bond donors (Lipinski definition) is 2. The van der Waals surface area contributed by atoms with E-state index in [-0.39, 0.29) is 12.0 Å². The standard InChI is InChI=1S/C17H25N3O3/c1-12(2)7-9-23-15-6-8-20(11-15)16(21)13-4-3-5-14(10-13)19-17(18)22/h3-5,10,12,15H,6-9,11H2,1-2H3,(H3,18,19,22). The second-order valence-corrected chi connectivity index (χ2v) is 6.29. The number of hydrogen-bond acceptors (Lipinski definition) is 3. The zero-order valence-electron chi connectivity index (χ0n) is 13.7. The van der Waals surface area contributed by atoms with Crippen LogP contribution < -0.4 is 11.1 Å². The van der Waals surface area contributed by atoms with Crippen molar-refractivity contribution in [3.63, 3.8) is 0 Å². The molecule has 6 nitrogen and oxygen atoms in total. The minimum absolute atomic E-state index is 0.0481. The van der Waals surface area contributed by atoms with Gasteiger partial charge in [0.25, 0.3) is 5.91 Å². The number of nitrogens with two attached hydrogens (primary N) is 1. The van der Waals surface area contributed by atoms with E-state index in [0.717, 1.165) is 19.4 Å². The van der Waals surface area contributed by atoms with Gasteiger partial charge in [-0.1, -0.05) is 19.9 Å². The Hall–Kier alpha value is -2.08. The van der Waals surface area contributed by atoms with Crippen molar-refractivity contribution in [1.82, 2.24) is 4.90 Å². The molecule has 3 amide bonds. The van der Waals surface area contributed by atoms with Crippen molar-refractivity contribution in [3.8, 4) is 0 Å². The monoisotopic (exact) mass is 319 g/mol. The quantitative estimate of drug-likeness (QED) is 0.844. The molecule has 6 heteroatoms. The summed E-state index contributed by atoms with van der Waals surface area (Å²) in [6.45, 7) is 6.38. The first-order chi connectivity index (χ1) is 11.0. The average molecular weight is 319 g/mol. The number of ether oxygens (including phenoxy) is 1. The van der Waals surface area contributed by atoms with E-state index in [2.05, 4.69) is 19.2 Å². The molecule has 0 bridgehead atoms. The summed E-state index contributed by atoms with van der Waals surface area (Å²) in [6.07, 6.45) is 2.01. The Bertz CT molecular complexity index is 560. The van der Waals surface area contributed by atoms with Crippen molar-refractivity contribution in [1.29, 1.82) is 0 Å². The molecule has 1 aromatic rings. The second-order valence-electron chi connectivity index (χ2n) is 6.29. The van der Waals surface area contributed by atoms with Gasteiger partial charge in [-0.2, -0.15) is 0 Å². The number of nitrogens with zero attached hydrogens (tertiary/aromatic N) is 1. The van der Waals surface area contributed by atoms with Crippen LogP contribution in [-0.2, 0) is 4.74 Å². The molecule has 1 fully saturated rings. The summed E-state index contributed by atoms with van der Waals surface area (Å²) >= 11 is 0. The minimum atomic E-state index is -0.644. The van der Waals surface area contributed by atoms with E-state index >= 15 is 0 Å². The lowest BCUT2D eigenvalue weighted by atomic mass is 10.1. The van der Waals surface area contributed by atoms with Gasteiger partial charge in [0.05, 0.1) is 6.10 Å². The molecular weight excluding hydrogens is 294 g/mol. The van der Waals surface area contributed by atoms with Crippen molar-refractivity contribution < 1.29 is 14.3 Å². The van der Waals surface area contributed by atoms with Crippen LogP contribution in [0.2, 0.25) is 0 Å². The highest BCUT2D eigenvalue weighted by Gasteiger charge is 2.27. The Morgan fingerprint density at radius 1 is 1.43 bits per heavy atom. The van der Waals surface area contributed by atoms with Crippen molar-refractivity contribution >= 4 is 17.6 Å². The van der Waals surface area contributed by atoms with Gasteiger partial charge in [0, 0.05) is 30.9 Å². The van der Waals surface area contributed by atoms with Crippen molar-refractivity contribution in [2.75, 3.05) is 25.0 Å². The summed E-state index contributed by atoms with van der Waals surface area (Å²) in [5, 5.41) is 2.48. The van der Waals surface area contributed by atoms with E-state index in [1.807, 2.05) is 0 Å². The van der Waals surface area contributed by atoms with E-state index in [1.54, 1.807) is 29.2 Å². The molecule has 126 valence electrons.